The molecule has 1 fully saturated rings. The van der Waals surface area contributed by atoms with Crippen LogP contribution in [0.5, 0.6) is 0 Å². The van der Waals surface area contributed by atoms with Crippen LogP contribution in [0.1, 0.15) is 16.7 Å². The second-order valence-corrected chi connectivity index (χ2v) is 6.44. The number of nitrogens with zero attached hydrogens (tertiary/aromatic N) is 2. The van der Waals surface area contributed by atoms with E-state index in [9.17, 15) is 14.4 Å². The first-order valence-corrected chi connectivity index (χ1v) is 8.32. The molecule has 1 aliphatic heterocycles. The van der Waals surface area contributed by atoms with Crippen LogP contribution in [0.15, 0.2) is 18.2 Å². The van der Waals surface area contributed by atoms with Crippen molar-refractivity contribution in [3.05, 3.63) is 28.0 Å². The Balaban J connectivity index is 1.84. The van der Waals surface area contributed by atoms with Gasteiger partial charge in [-0.25, -0.2) is 4.79 Å². The number of hydrogen-bond acceptors (Lipinski definition) is 5. The highest BCUT2D eigenvalue weighted by Gasteiger charge is 2.27. The summed E-state index contributed by atoms with van der Waals surface area (Å²) in [6.45, 7) is 5.36. The zero-order valence-corrected chi connectivity index (χ0v) is 14.1. The van der Waals surface area contributed by atoms with Gasteiger partial charge in [0.2, 0.25) is 5.91 Å². The van der Waals surface area contributed by atoms with E-state index in [1.54, 1.807) is 35.3 Å². The van der Waals surface area contributed by atoms with Gasteiger partial charge in [-0.1, -0.05) is 0 Å². The molecule has 0 unspecified atom stereocenters. The molecular formula is C16H20N2O4S. The molecule has 0 aromatic carbocycles. The van der Waals surface area contributed by atoms with Crippen molar-refractivity contribution in [2.75, 3.05) is 32.8 Å². The number of piperazine rings is 1. The topological polar surface area (TPSA) is 66.9 Å². The van der Waals surface area contributed by atoms with Crippen LogP contribution in [0.4, 0.5) is 0 Å². The summed E-state index contributed by atoms with van der Waals surface area (Å²) in [4.78, 5) is 40.7. The van der Waals surface area contributed by atoms with Gasteiger partial charge < -0.3 is 14.5 Å². The van der Waals surface area contributed by atoms with Crippen LogP contribution in [-0.4, -0.2) is 60.4 Å². The van der Waals surface area contributed by atoms with Crippen molar-refractivity contribution in [2.24, 2.45) is 0 Å². The molecule has 0 radical (unpaired) electrons. The zero-order valence-electron chi connectivity index (χ0n) is 13.3. The van der Waals surface area contributed by atoms with E-state index in [4.69, 9.17) is 4.74 Å². The first kappa shape index (κ1) is 17.2. The molecule has 124 valence electrons. The van der Waals surface area contributed by atoms with E-state index in [1.807, 2.05) is 19.1 Å². The lowest BCUT2D eigenvalue weighted by Crippen LogP contribution is -2.52. The Morgan fingerprint density at radius 1 is 1.17 bits per heavy atom. The predicted octanol–water partition coefficient (Wildman–Crippen LogP) is 1.30. The standard InChI is InChI=1S/C16H20N2O4S/c1-3-22-16(21)15(20)18-10-8-17(9-11-18)14(19)7-6-13-5-4-12(2)23-13/h4-7H,3,8-11H2,1-2H3/b7-6+. The third-order valence-electron chi connectivity index (χ3n) is 3.48. The van der Waals surface area contributed by atoms with Crippen molar-refractivity contribution in [2.45, 2.75) is 13.8 Å². The van der Waals surface area contributed by atoms with E-state index in [0.29, 0.717) is 26.2 Å². The second-order valence-electron chi connectivity index (χ2n) is 5.12. The van der Waals surface area contributed by atoms with Crippen molar-refractivity contribution in [3.8, 4) is 0 Å². The van der Waals surface area contributed by atoms with E-state index in [-0.39, 0.29) is 12.5 Å². The number of carbonyl (C=O) groups excluding carboxylic acids is 3. The summed E-state index contributed by atoms with van der Waals surface area (Å²) in [5, 5.41) is 0. The second kappa shape index (κ2) is 7.92. The average molecular weight is 336 g/mol. The number of esters is 1. The maximum atomic E-state index is 12.1. The first-order valence-electron chi connectivity index (χ1n) is 7.50. The van der Waals surface area contributed by atoms with Gasteiger partial charge in [-0.15, -0.1) is 11.3 Å². The maximum absolute atomic E-state index is 12.1. The molecule has 0 saturated carbocycles. The number of carbonyl (C=O) groups is 3. The van der Waals surface area contributed by atoms with Crippen LogP contribution in [0.2, 0.25) is 0 Å². The Labute approximate surface area is 139 Å². The first-order chi connectivity index (χ1) is 11.0. The number of ether oxygens (including phenoxy) is 1. The summed E-state index contributed by atoms with van der Waals surface area (Å²) in [6, 6.07) is 3.98. The van der Waals surface area contributed by atoms with Gasteiger partial charge in [0.1, 0.15) is 0 Å². The van der Waals surface area contributed by atoms with E-state index in [1.165, 1.54) is 9.78 Å². The summed E-state index contributed by atoms with van der Waals surface area (Å²) in [6.07, 6.45) is 3.35. The molecule has 1 aliphatic rings. The molecule has 1 aromatic rings. The Hall–Kier alpha value is -2.15. The maximum Gasteiger partial charge on any atom is 0.397 e. The zero-order chi connectivity index (χ0) is 16.8. The fraction of sp³-hybridized carbons (Fsp3) is 0.438. The van der Waals surface area contributed by atoms with Gasteiger partial charge in [0.05, 0.1) is 6.61 Å². The largest absolute Gasteiger partial charge is 0.459 e. The molecule has 0 bridgehead atoms. The third kappa shape index (κ3) is 4.66. The number of rotatable bonds is 3. The highest BCUT2D eigenvalue weighted by Crippen LogP contribution is 2.16. The SMILES string of the molecule is CCOC(=O)C(=O)N1CCN(C(=O)/C=C/c2ccc(C)s2)CC1. The normalized spacial score (nSPS) is 15.0. The summed E-state index contributed by atoms with van der Waals surface area (Å²) >= 11 is 1.63. The smallest absolute Gasteiger partial charge is 0.397 e. The van der Waals surface area contributed by atoms with E-state index >= 15 is 0 Å². The molecule has 0 N–H and O–H groups in total. The molecule has 2 rings (SSSR count). The molecule has 6 nitrogen and oxygen atoms in total. The summed E-state index contributed by atoms with van der Waals surface area (Å²) in [5.41, 5.74) is 0. The fourth-order valence-electron chi connectivity index (χ4n) is 2.25. The predicted molar refractivity (Wildman–Crippen MR) is 87.9 cm³/mol. The third-order valence-corrected chi connectivity index (χ3v) is 4.45. The van der Waals surface area contributed by atoms with E-state index in [2.05, 4.69) is 0 Å². The highest BCUT2D eigenvalue weighted by molar-refractivity contribution is 7.12. The van der Waals surface area contributed by atoms with Gasteiger partial charge >= 0.3 is 11.9 Å². The average Bonchev–Trinajstić information content (AvgIpc) is 2.97. The van der Waals surface area contributed by atoms with Gasteiger partial charge in [-0.2, -0.15) is 0 Å². The van der Waals surface area contributed by atoms with Crippen molar-refractivity contribution in [1.82, 2.24) is 9.80 Å². The van der Waals surface area contributed by atoms with Crippen LogP contribution in [0, 0.1) is 6.92 Å². The summed E-state index contributed by atoms with van der Waals surface area (Å²) < 4.78 is 4.70. The van der Waals surface area contributed by atoms with Crippen LogP contribution in [-0.2, 0) is 19.1 Å². The quantitative estimate of drug-likeness (QED) is 0.474. The van der Waals surface area contributed by atoms with Gasteiger partial charge in [0.15, 0.2) is 0 Å². The number of aryl methyl sites for hydroxylation is 1. The van der Waals surface area contributed by atoms with E-state index in [0.717, 1.165) is 4.88 Å². The van der Waals surface area contributed by atoms with Crippen molar-refractivity contribution in [1.29, 1.82) is 0 Å². The lowest BCUT2D eigenvalue weighted by Gasteiger charge is -2.33. The Morgan fingerprint density at radius 2 is 1.83 bits per heavy atom. The molecule has 2 amide bonds. The van der Waals surface area contributed by atoms with Gasteiger partial charge in [0, 0.05) is 42.0 Å². The lowest BCUT2D eigenvalue weighted by atomic mass is 10.3. The Kier molecular flexibility index (Phi) is 5.92. The minimum absolute atomic E-state index is 0.0840. The molecule has 0 spiro atoms. The fourth-order valence-corrected chi connectivity index (χ4v) is 3.03. The summed E-state index contributed by atoms with van der Waals surface area (Å²) in [7, 11) is 0. The van der Waals surface area contributed by atoms with E-state index < -0.39 is 11.9 Å². The molecule has 23 heavy (non-hydrogen) atoms. The number of amides is 2. The molecule has 2 heterocycles. The highest BCUT2D eigenvalue weighted by atomic mass is 32.1. The Bertz CT molecular complexity index is 615. The molecule has 1 saturated heterocycles. The molecule has 0 aliphatic carbocycles. The van der Waals surface area contributed by atoms with Crippen LogP contribution in [0.25, 0.3) is 6.08 Å². The monoisotopic (exact) mass is 336 g/mol. The molecular weight excluding hydrogens is 316 g/mol. The minimum Gasteiger partial charge on any atom is -0.459 e. The van der Waals surface area contributed by atoms with Gasteiger partial charge in [-0.05, 0) is 32.1 Å². The van der Waals surface area contributed by atoms with Crippen molar-refractivity contribution < 1.29 is 19.1 Å². The number of hydrogen-bond donors (Lipinski definition) is 0. The van der Waals surface area contributed by atoms with Crippen LogP contribution < -0.4 is 0 Å². The molecule has 0 atom stereocenters. The van der Waals surface area contributed by atoms with Gasteiger partial charge in [-0.3, -0.25) is 9.59 Å². The van der Waals surface area contributed by atoms with Crippen molar-refractivity contribution in [3.63, 3.8) is 0 Å². The Morgan fingerprint density at radius 3 is 2.39 bits per heavy atom. The van der Waals surface area contributed by atoms with Crippen LogP contribution >= 0.6 is 11.3 Å². The van der Waals surface area contributed by atoms with Gasteiger partial charge in [0.25, 0.3) is 0 Å². The van der Waals surface area contributed by atoms with Crippen molar-refractivity contribution >= 4 is 35.2 Å². The van der Waals surface area contributed by atoms with Crippen LogP contribution in [0.3, 0.4) is 0 Å². The molecule has 7 heteroatoms. The summed E-state index contributed by atoms with van der Waals surface area (Å²) in [5.74, 6) is -1.55. The minimum atomic E-state index is -0.833. The number of thiophene rings is 1. The lowest BCUT2D eigenvalue weighted by molar-refractivity contribution is -0.161. The molecule has 1 aromatic heterocycles.